The largest absolute Gasteiger partial charge is 0.423 e. The van der Waals surface area contributed by atoms with Gasteiger partial charge >= 0.3 is 0 Å². The number of aromatic nitrogens is 1. The maximum atomic E-state index is 13.2. The van der Waals surface area contributed by atoms with E-state index in [4.69, 9.17) is 9.15 Å². The minimum absolute atomic E-state index is 0.284. The van der Waals surface area contributed by atoms with E-state index in [2.05, 4.69) is 9.88 Å². The Balaban J connectivity index is 1.71. The van der Waals surface area contributed by atoms with Crippen molar-refractivity contribution in [3.63, 3.8) is 0 Å². The highest BCUT2D eigenvalue weighted by molar-refractivity contribution is 5.74. The van der Waals surface area contributed by atoms with Gasteiger partial charge in [-0.1, -0.05) is 0 Å². The lowest BCUT2D eigenvalue weighted by molar-refractivity contribution is 0.0851. The SMILES string of the molecule is Fc1ccc2oc(N3CCOC[C@H]3C3CC3)nc2c1. The van der Waals surface area contributed by atoms with Crippen molar-refractivity contribution < 1.29 is 13.5 Å². The van der Waals surface area contributed by atoms with Crippen molar-refractivity contribution in [3.8, 4) is 0 Å². The molecule has 1 aromatic carbocycles. The molecule has 2 aliphatic rings. The summed E-state index contributed by atoms with van der Waals surface area (Å²) in [5, 5.41) is 0. The number of benzene rings is 1. The Morgan fingerprint density at radius 1 is 1.32 bits per heavy atom. The van der Waals surface area contributed by atoms with E-state index < -0.39 is 0 Å². The molecule has 1 atom stereocenters. The van der Waals surface area contributed by atoms with E-state index in [-0.39, 0.29) is 5.82 Å². The summed E-state index contributed by atoms with van der Waals surface area (Å²) in [6.07, 6.45) is 2.50. The van der Waals surface area contributed by atoms with Gasteiger partial charge in [0.25, 0.3) is 6.01 Å². The monoisotopic (exact) mass is 262 g/mol. The van der Waals surface area contributed by atoms with E-state index in [1.54, 1.807) is 6.07 Å². The van der Waals surface area contributed by atoms with Gasteiger partial charge in [0.2, 0.25) is 0 Å². The van der Waals surface area contributed by atoms with Crippen LogP contribution in [0.1, 0.15) is 12.8 Å². The molecule has 0 amide bonds. The van der Waals surface area contributed by atoms with E-state index in [0.717, 1.165) is 13.2 Å². The standard InChI is InChI=1S/C14H15FN2O2/c15-10-3-4-13-11(7-10)16-14(19-13)17-5-6-18-8-12(17)9-1-2-9/h3-4,7,9,12H,1-2,5-6,8H2/t12-/m0/s1. The number of fused-ring (bicyclic) bond motifs is 1. The third-order valence-corrected chi connectivity index (χ3v) is 3.92. The molecule has 5 heteroatoms. The predicted molar refractivity (Wildman–Crippen MR) is 68.6 cm³/mol. The Labute approximate surface area is 110 Å². The van der Waals surface area contributed by atoms with Crippen molar-refractivity contribution in [1.29, 1.82) is 0 Å². The zero-order chi connectivity index (χ0) is 12.8. The Morgan fingerprint density at radius 2 is 2.21 bits per heavy atom. The molecule has 1 saturated heterocycles. The molecular weight excluding hydrogens is 247 g/mol. The summed E-state index contributed by atoms with van der Waals surface area (Å²) >= 11 is 0. The molecule has 4 nitrogen and oxygen atoms in total. The molecule has 1 aliphatic carbocycles. The Kier molecular flexibility index (Phi) is 2.48. The number of ether oxygens (including phenoxy) is 1. The van der Waals surface area contributed by atoms with Gasteiger partial charge < -0.3 is 14.1 Å². The third-order valence-electron chi connectivity index (χ3n) is 3.92. The lowest BCUT2D eigenvalue weighted by atomic mass is 10.1. The number of oxazole rings is 1. The fraction of sp³-hybridized carbons (Fsp3) is 0.500. The summed E-state index contributed by atoms with van der Waals surface area (Å²) in [7, 11) is 0. The number of anilines is 1. The molecule has 0 spiro atoms. The van der Waals surface area contributed by atoms with Gasteiger partial charge in [-0.3, -0.25) is 0 Å². The molecular formula is C14H15FN2O2. The fourth-order valence-electron chi connectivity index (χ4n) is 2.74. The van der Waals surface area contributed by atoms with Crippen LogP contribution in [0.25, 0.3) is 11.1 Å². The van der Waals surface area contributed by atoms with Crippen LogP contribution in [0.5, 0.6) is 0 Å². The summed E-state index contributed by atoms with van der Waals surface area (Å²) in [6.45, 7) is 2.21. The van der Waals surface area contributed by atoms with Crippen LogP contribution in [-0.4, -0.2) is 30.8 Å². The summed E-state index contributed by atoms with van der Waals surface area (Å²) in [6, 6.07) is 5.39. The number of hydrogen-bond donors (Lipinski definition) is 0. The first kappa shape index (κ1) is 11.2. The Morgan fingerprint density at radius 3 is 3.05 bits per heavy atom. The number of nitrogens with zero attached hydrogens (tertiary/aromatic N) is 2. The van der Waals surface area contributed by atoms with Crippen LogP contribution in [0, 0.1) is 11.7 Å². The van der Waals surface area contributed by atoms with Crippen LogP contribution < -0.4 is 4.90 Å². The van der Waals surface area contributed by atoms with Crippen LogP contribution in [-0.2, 0) is 4.74 Å². The minimum atomic E-state index is -0.284. The maximum Gasteiger partial charge on any atom is 0.298 e. The number of halogens is 1. The van der Waals surface area contributed by atoms with Crippen molar-refractivity contribution in [2.24, 2.45) is 5.92 Å². The third kappa shape index (κ3) is 1.98. The van der Waals surface area contributed by atoms with Gasteiger partial charge in [0, 0.05) is 12.6 Å². The molecule has 19 heavy (non-hydrogen) atoms. The predicted octanol–water partition coefficient (Wildman–Crippen LogP) is 2.58. The highest BCUT2D eigenvalue weighted by atomic mass is 19.1. The van der Waals surface area contributed by atoms with Crippen molar-refractivity contribution in [1.82, 2.24) is 4.98 Å². The second kappa shape index (κ2) is 4.20. The molecule has 1 saturated carbocycles. The van der Waals surface area contributed by atoms with Crippen LogP contribution in [0.15, 0.2) is 22.6 Å². The van der Waals surface area contributed by atoms with Crippen LogP contribution in [0.2, 0.25) is 0 Å². The minimum Gasteiger partial charge on any atom is -0.423 e. The summed E-state index contributed by atoms with van der Waals surface area (Å²) in [5.41, 5.74) is 1.22. The lowest BCUT2D eigenvalue weighted by Gasteiger charge is -2.34. The first-order valence-corrected chi connectivity index (χ1v) is 6.72. The molecule has 1 aromatic heterocycles. The van der Waals surface area contributed by atoms with E-state index >= 15 is 0 Å². The molecule has 0 radical (unpaired) electrons. The van der Waals surface area contributed by atoms with Gasteiger partial charge in [-0.2, -0.15) is 4.98 Å². The molecule has 0 N–H and O–H groups in total. The number of hydrogen-bond acceptors (Lipinski definition) is 4. The van der Waals surface area contributed by atoms with Gasteiger partial charge in [-0.05, 0) is 30.9 Å². The topological polar surface area (TPSA) is 38.5 Å². The fourth-order valence-corrected chi connectivity index (χ4v) is 2.74. The summed E-state index contributed by atoms with van der Waals surface area (Å²) in [4.78, 5) is 6.60. The first-order valence-electron chi connectivity index (χ1n) is 6.72. The van der Waals surface area contributed by atoms with Gasteiger partial charge in [-0.15, -0.1) is 0 Å². The van der Waals surface area contributed by atoms with Gasteiger partial charge in [0.05, 0.1) is 19.3 Å². The maximum absolute atomic E-state index is 13.2. The molecule has 4 rings (SSSR count). The molecule has 2 aromatic rings. The zero-order valence-corrected chi connectivity index (χ0v) is 10.5. The Bertz CT molecular complexity index is 609. The smallest absolute Gasteiger partial charge is 0.298 e. The second-order valence-electron chi connectivity index (χ2n) is 5.28. The summed E-state index contributed by atoms with van der Waals surface area (Å²) < 4.78 is 24.5. The van der Waals surface area contributed by atoms with Crippen molar-refractivity contribution >= 4 is 17.1 Å². The van der Waals surface area contributed by atoms with Crippen molar-refractivity contribution in [3.05, 3.63) is 24.0 Å². The number of morpholine rings is 1. The molecule has 1 aliphatic heterocycles. The van der Waals surface area contributed by atoms with Crippen LogP contribution in [0.4, 0.5) is 10.4 Å². The molecule has 100 valence electrons. The molecule has 0 unspecified atom stereocenters. The van der Waals surface area contributed by atoms with Crippen LogP contribution >= 0.6 is 0 Å². The van der Waals surface area contributed by atoms with Crippen LogP contribution in [0.3, 0.4) is 0 Å². The van der Waals surface area contributed by atoms with Gasteiger partial charge in [-0.25, -0.2) is 4.39 Å². The van der Waals surface area contributed by atoms with E-state index in [1.165, 1.54) is 25.0 Å². The lowest BCUT2D eigenvalue weighted by Crippen LogP contribution is -2.47. The molecule has 2 fully saturated rings. The van der Waals surface area contributed by atoms with E-state index in [0.29, 0.717) is 35.7 Å². The van der Waals surface area contributed by atoms with E-state index in [1.807, 2.05) is 0 Å². The highest BCUT2D eigenvalue weighted by Crippen LogP contribution is 2.38. The normalized spacial score (nSPS) is 24.1. The zero-order valence-electron chi connectivity index (χ0n) is 10.5. The average molecular weight is 262 g/mol. The number of rotatable bonds is 2. The molecule has 2 heterocycles. The summed E-state index contributed by atoms with van der Waals surface area (Å²) in [5.74, 6) is 0.403. The Hall–Kier alpha value is -1.62. The van der Waals surface area contributed by atoms with Gasteiger partial charge in [0.15, 0.2) is 5.58 Å². The quantitative estimate of drug-likeness (QED) is 0.833. The van der Waals surface area contributed by atoms with Crippen molar-refractivity contribution in [2.75, 3.05) is 24.7 Å². The highest BCUT2D eigenvalue weighted by Gasteiger charge is 2.39. The molecule has 0 bridgehead atoms. The first-order chi connectivity index (χ1) is 9.31. The van der Waals surface area contributed by atoms with Gasteiger partial charge in [0.1, 0.15) is 11.3 Å². The van der Waals surface area contributed by atoms with E-state index in [9.17, 15) is 4.39 Å². The average Bonchev–Trinajstić information content (AvgIpc) is 3.19. The second-order valence-corrected chi connectivity index (χ2v) is 5.28. The van der Waals surface area contributed by atoms with Crippen molar-refractivity contribution in [2.45, 2.75) is 18.9 Å².